The maximum absolute atomic E-state index is 13.5. The van der Waals surface area contributed by atoms with E-state index in [1.54, 1.807) is 6.07 Å². The normalized spacial score (nSPS) is 12.9. The lowest BCUT2D eigenvalue weighted by Gasteiger charge is -2.15. The van der Waals surface area contributed by atoms with Crippen LogP contribution < -0.4 is 5.73 Å². The van der Waals surface area contributed by atoms with Gasteiger partial charge in [0, 0.05) is 4.47 Å². The zero-order valence-electron chi connectivity index (χ0n) is 8.48. The lowest BCUT2D eigenvalue weighted by molar-refractivity contribution is 0.573. The van der Waals surface area contributed by atoms with Crippen LogP contribution in [0.4, 0.5) is 4.39 Å². The van der Waals surface area contributed by atoms with E-state index in [4.69, 9.17) is 5.73 Å². The molecule has 0 spiro atoms. The zero-order chi connectivity index (χ0) is 10.7. The van der Waals surface area contributed by atoms with Crippen LogP contribution in [0.2, 0.25) is 0 Å². The van der Waals surface area contributed by atoms with Gasteiger partial charge in [0.2, 0.25) is 0 Å². The van der Waals surface area contributed by atoms with E-state index in [0.29, 0.717) is 6.54 Å². The molecular weight excluding hydrogens is 245 g/mol. The molecule has 0 amide bonds. The van der Waals surface area contributed by atoms with E-state index < -0.39 is 0 Å². The summed E-state index contributed by atoms with van der Waals surface area (Å²) < 4.78 is 14.5. The average Bonchev–Trinajstić information content (AvgIpc) is 2.13. The summed E-state index contributed by atoms with van der Waals surface area (Å²) in [5.41, 5.74) is 7.23. The molecule has 0 fully saturated rings. The van der Waals surface area contributed by atoms with E-state index in [-0.39, 0.29) is 11.7 Å². The van der Waals surface area contributed by atoms with Crippen LogP contribution >= 0.6 is 15.9 Å². The quantitative estimate of drug-likeness (QED) is 0.886. The Balaban J connectivity index is 3.11. The number of hydrogen-bond acceptors (Lipinski definition) is 1. The van der Waals surface area contributed by atoms with E-state index in [1.807, 2.05) is 13.8 Å². The van der Waals surface area contributed by atoms with Crippen LogP contribution in [0.3, 0.4) is 0 Å². The summed E-state index contributed by atoms with van der Waals surface area (Å²) in [6.45, 7) is 4.52. The average molecular weight is 260 g/mol. The Morgan fingerprint density at radius 2 is 2.14 bits per heavy atom. The van der Waals surface area contributed by atoms with Gasteiger partial charge in [-0.15, -0.1) is 0 Å². The molecule has 0 aliphatic carbocycles. The summed E-state index contributed by atoms with van der Waals surface area (Å²) >= 11 is 3.40. The Morgan fingerprint density at radius 1 is 1.50 bits per heavy atom. The predicted octanol–water partition coefficient (Wildman–Crippen LogP) is 3.35. The maximum Gasteiger partial charge on any atom is 0.127 e. The van der Waals surface area contributed by atoms with Gasteiger partial charge in [-0.05, 0) is 49.1 Å². The molecule has 78 valence electrons. The number of halogens is 2. The van der Waals surface area contributed by atoms with Gasteiger partial charge in [-0.25, -0.2) is 4.39 Å². The molecule has 1 atom stereocenters. The topological polar surface area (TPSA) is 26.0 Å². The van der Waals surface area contributed by atoms with Gasteiger partial charge in [0.05, 0.1) is 0 Å². The largest absolute Gasteiger partial charge is 0.330 e. The van der Waals surface area contributed by atoms with Crippen LogP contribution in [0, 0.1) is 12.7 Å². The molecule has 2 N–H and O–H groups in total. The van der Waals surface area contributed by atoms with Crippen molar-refractivity contribution < 1.29 is 4.39 Å². The first-order valence-electron chi connectivity index (χ1n) is 4.72. The van der Waals surface area contributed by atoms with Crippen LogP contribution in [0.25, 0.3) is 0 Å². The minimum atomic E-state index is -0.133. The molecule has 3 heteroatoms. The number of hydrogen-bond donors (Lipinski definition) is 1. The van der Waals surface area contributed by atoms with Gasteiger partial charge in [0.15, 0.2) is 0 Å². The second kappa shape index (κ2) is 4.89. The van der Waals surface area contributed by atoms with Gasteiger partial charge in [0.1, 0.15) is 5.82 Å². The van der Waals surface area contributed by atoms with E-state index >= 15 is 0 Å². The second-order valence-electron chi connectivity index (χ2n) is 3.55. The van der Waals surface area contributed by atoms with E-state index in [2.05, 4.69) is 15.9 Å². The molecule has 1 nitrogen and oxygen atoms in total. The highest BCUT2D eigenvalue weighted by molar-refractivity contribution is 9.10. The third kappa shape index (κ3) is 2.34. The first kappa shape index (κ1) is 11.7. The third-order valence-corrected chi connectivity index (χ3v) is 3.35. The molecular formula is C11H15BrFN. The number of nitrogens with two attached hydrogens (primary N) is 1. The Bertz CT molecular complexity index is 325. The Kier molecular flexibility index (Phi) is 4.08. The van der Waals surface area contributed by atoms with Gasteiger partial charge in [-0.2, -0.15) is 0 Å². The molecule has 0 saturated carbocycles. The van der Waals surface area contributed by atoms with Crippen LogP contribution in [0.15, 0.2) is 16.6 Å². The molecule has 1 aromatic carbocycles. The second-order valence-corrected chi connectivity index (χ2v) is 4.40. The van der Waals surface area contributed by atoms with Gasteiger partial charge >= 0.3 is 0 Å². The van der Waals surface area contributed by atoms with Crippen molar-refractivity contribution in [2.45, 2.75) is 26.2 Å². The van der Waals surface area contributed by atoms with E-state index in [9.17, 15) is 4.39 Å². The molecule has 0 saturated heterocycles. The predicted molar refractivity (Wildman–Crippen MR) is 60.9 cm³/mol. The highest BCUT2D eigenvalue weighted by Gasteiger charge is 2.14. The molecule has 0 radical (unpaired) electrons. The summed E-state index contributed by atoms with van der Waals surface area (Å²) in [7, 11) is 0. The summed E-state index contributed by atoms with van der Waals surface area (Å²) in [6.07, 6.45) is 0.814. The molecule has 1 aromatic rings. The fourth-order valence-corrected chi connectivity index (χ4v) is 2.01. The third-order valence-electron chi connectivity index (χ3n) is 2.49. The smallest absolute Gasteiger partial charge is 0.127 e. The molecule has 0 aliphatic rings. The highest BCUT2D eigenvalue weighted by Crippen LogP contribution is 2.29. The van der Waals surface area contributed by atoms with Crippen LogP contribution in [-0.4, -0.2) is 6.54 Å². The van der Waals surface area contributed by atoms with Crippen molar-refractivity contribution in [2.75, 3.05) is 6.54 Å². The Hall–Kier alpha value is -0.410. The minimum Gasteiger partial charge on any atom is -0.330 e. The molecule has 0 aliphatic heterocycles. The lowest BCUT2D eigenvalue weighted by atomic mass is 9.93. The fourth-order valence-electron chi connectivity index (χ4n) is 1.67. The Morgan fingerprint density at radius 3 is 2.71 bits per heavy atom. The van der Waals surface area contributed by atoms with Gasteiger partial charge in [-0.1, -0.05) is 22.9 Å². The molecule has 1 rings (SSSR count). The van der Waals surface area contributed by atoms with Crippen molar-refractivity contribution in [1.82, 2.24) is 0 Å². The van der Waals surface area contributed by atoms with Crippen molar-refractivity contribution in [3.8, 4) is 0 Å². The SMILES string of the molecule is Cc1c(Br)ccc(F)c1C(C)CCN. The van der Waals surface area contributed by atoms with Crippen LogP contribution in [-0.2, 0) is 0 Å². The highest BCUT2D eigenvalue weighted by atomic mass is 79.9. The number of benzene rings is 1. The monoisotopic (exact) mass is 259 g/mol. The van der Waals surface area contributed by atoms with E-state index in [0.717, 1.165) is 22.0 Å². The number of rotatable bonds is 3. The first-order chi connectivity index (χ1) is 6.57. The maximum atomic E-state index is 13.5. The van der Waals surface area contributed by atoms with Crippen molar-refractivity contribution in [2.24, 2.45) is 5.73 Å². The minimum absolute atomic E-state index is 0.133. The van der Waals surface area contributed by atoms with Crippen molar-refractivity contribution in [3.05, 3.63) is 33.5 Å². The molecule has 1 unspecified atom stereocenters. The standard InChI is InChI=1S/C11H15BrFN/c1-7(5-6-14)11-8(2)9(12)3-4-10(11)13/h3-4,7H,5-6,14H2,1-2H3. The molecule has 0 heterocycles. The van der Waals surface area contributed by atoms with Crippen molar-refractivity contribution >= 4 is 15.9 Å². The zero-order valence-corrected chi connectivity index (χ0v) is 10.1. The van der Waals surface area contributed by atoms with Crippen LogP contribution in [0.1, 0.15) is 30.4 Å². The van der Waals surface area contributed by atoms with Crippen molar-refractivity contribution in [3.63, 3.8) is 0 Å². The summed E-state index contributed by atoms with van der Waals surface area (Å²) in [5.74, 6) is 0.0455. The summed E-state index contributed by atoms with van der Waals surface area (Å²) in [4.78, 5) is 0. The molecule has 0 aromatic heterocycles. The van der Waals surface area contributed by atoms with Crippen LogP contribution in [0.5, 0.6) is 0 Å². The van der Waals surface area contributed by atoms with Crippen molar-refractivity contribution in [1.29, 1.82) is 0 Å². The van der Waals surface area contributed by atoms with Gasteiger partial charge in [0.25, 0.3) is 0 Å². The molecule has 0 bridgehead atoms. The first-order valence-corrected chi connectivity index (χ1v) is 5.51. The van der Waals surface area contributed by atoms with E-state index in [1.165, 1.54) is 6.07 Å². The fraction of sp³-hybridized carbons (Fsp3) is 0.455. The molecule has 14 heavy (non-hydrogen) atoms. The lowest BCUT2D eigenvalue weighted by Crippen LogP contribution is -2.07. The van der Waals surface area contributed by atoms with Gasteiger partial charge < -0.3 is 5.73 Å². The summed E-state index contributed by atoms with van der Waals surface area (Å²) in [6, 6.07) is 3.24. The summed E-state index contributed by atoms with van der Waals surface area (Å²) in [5, 5.41) is 0. The van der Waals surface area contributed by atoms with Gasteiger partial charge in [-0.3, -0.25) is 0 Å². The Labute approximate surface area is 92.6 Å².